The molecule has 2 rings (SSSR count). The summed E-state index contributed by atoms with van der Waals surface area (Å²) >= 11 is 4.97. The maximum absolute atomic E-state index is 12.3. The van der Waals surface area contributed by atoms with Crippen LogP contribution in [0.15, 0.2) is 34.1 Å². The number of aryl methyl sites for hydroxylation is 1. The first-order valence-corrected chi connectivity index (χ1v) is 9.63. The Kier molecular flexibility index (Phi) is 7.55. The summed E-state index contributed by atoms with van der Waals surface area (Å²) in [6.07, 6.45) is -3.68. The molecule has 0 aliphatic carbocycles. The average molecular weight is 466 g/mol. The number of methoxy groups -OCH3 is 1. The van der Waals surface area contributed by atoms with Gasteiger partial charge in [0.15, 0.2) is 18.1 Å². The molecule has 0 atom stereocenters. The van der Waals surface area contributed by atoms with Crippen LogP contribution < -0.4 is 9.47 Å². The van der Waals surface area contributed by atoms with E-state index in [1.807, 2.05) is 12.1 Å². The second kappa shape index (κ2) is 9.45. The van der Waals surface area contributed by atoms with Gasteiger partial charge in [0, 0.05) is 18.3 Å². The first kappa shape index (κ1) is 21.6. The van der Waals surface area contributed by atoms with Crippen LogP contribution in [-0.2, 0) is 17.8 Å². The number of nitrogens with zero attached hydrogens (tertiary/aromatic N) is 1. The van der Waals surface area contributed by atoms with Crippen molar-refractivity contribution in [3.63, 3.8) is 0 Å². The van der Waals surface area contributed by atoms with E-state index in [0.717, 1.165) is 14.2 Å². The number of benzene rings is 1. The van der Waals surface area contributed by atoms with Gasteiger partial charge in [-0.2, -0.15) is 13.2 Å². The summed E-state index contributed by atoms with van der Waals surface area (Å²) < 4.78 is 47.7. The van der Waals surface area contributed by atoms with Crippen LogP contribution in [0.4, 0.5) is 13.2 Å². The van der Waals surface area contributed by atoms with E-state index in [-0.39, 0.29) is 23.8 Å². The van der Waals surface area contributed by atoms with Gasteiger partial charge in [-0.25, -0.2) is 0 Å². The van der Waals surface area contributed by atoms with Crippen LogP contribution in [0.25, 0.3) is 0 Å². The van der Waals surface area contributed by atoms with E-state index in [2.05, 4.69) is 15.9 Å². The normalized spacial score (nSPS) is 11.3. The van der Waals surface area contributed by atoms with Gasteiger partial charge in [-0.05, 0) is 52.2 Å². The Bertz CT molecular complexity index is 779. The van der Waals surface area contributed by atoms with Crippen molar-refractivity contribution in [2.24, 2.45) is 0 Å². The Hall–Kier alpha value is -1.74. The summed E-state index contributed by atoms with van der Waals surface area (Å²) in [7, 11) is 3.10. The minimum Gasteiger partial charge on any atom is -0.493 e. The first-order chi connectivity index (χ1) is 12.7. The van der Waals surface area contributed by atoms with Gasteiger partial charge in [0.2, 0.25) is 5.91 Å². The van der Waals surface area contributed by atoms with Gasteiger partial charge in [-0.15, -0.1) is 11.3 Å². The van der Waals surface area contributed by atoms with Crippen molar-refractivity contribution < 1.29 is 27.4 Å². The second-order valence-corrected chi connectivity index (χ2v) is 8.39. The molecule has 0 aliphatic heterocycles. The summed E-state index contributed by atoms with van der Waals surface area (Å²) in [5, 5.41) is 0. The number of hydrogen-bond donors (Lipinski definition) is 0. The summed E-state index contributed by atoms with van der Waals surface area (Å²) in [6, 6.07) is 8.56. The minimum atomic E-state index is -4.42. The SMILES string of the molecule is COc1cc(CCC(=O)N(C)Cc2ccc(Br)s2)ccc1OCC(F)(F)F. The Morgan fingerprint density at radius 1 is 1.22 bits per heavy atom. The number of carbonyl (C=O) groups excluding carboxylic acids is 1. The first-order valence-electron chi connectivity index (χ1n) is 8.02. The average Bonchev–Trinajstić information content (AvgIpc) is 3.02. The van der Waals surface area contributed by atoms with E-state index >= 15 is 0 Å². The van der Waals surface area contributed by atoms with Gasteiger partial charge in [-0.3, -0.25) is 4.79 Å². The molecule has 0 aliphatic rings. The zero-order valence-electron chi connectivity index (χ0n) is 14.8. The molecule has 0 saturated heterocycles. The van der Waals surface area contributed by atoms with E-state index in [4.69, 9.17) is 9.47 Å². The van der Waals surface area contributed by atoms with Crippen molar-refractivity contribution in [2.75, 3.05) is 20.8 Å². The molecule has 27 heavy (non-hydrogen) atoms. The molecule has 0 radical (unpaired) electrons. The molecular weight excluding hydrogens is 447 g/mol. The zero-order chi connectivity index (χ0) is 20.0. The topological polar surface area (TPSA) is 38.8 Å². The van der Waals surface area contributed by atoms with E-state index in [9.17, 15) is 18.0 Å². The zero-order valence-corrected chi connectivity index (χ0v) is 17.2. The van der Waals surface area contributed by atoms with Crippen molar-refractivity contribution in [3.8, 4) is 11.5 Å². The van der Waals surface area contributed by atoms with Crippen molar-refractivity contribution in [1.82, 2.24) is 4.90 Å². The third kappa shape index (κ3) is 7.06. The number of carbonyl (C=O) groups is 1. The van der Waals surface area contributed by atoms with Crippen LogP contribution in [0, 0.1) is 0 Å². The fourth-order valence-electron chi connectivity index (χ4n) is 2.35. The van der Waals surface area contributed by atoms with Crippen molar-refractivity contribution in [3.05, 3.63) is 44.6 Å². The van der Waals surface area contributed by atoms with Crippen LogP contribution in [-0.4, -0.2) is 37.7 Å². The lowest BCUT2D eigenvalue weighted by Crippen LogP contribution is -2.26. The highest BCUT2D eigenvalue weighted by molar-refractivity contribution is 9.11. The molecule has 1 aromatic carbocycles. The van der Waals surface area contributed by atoms with Crippen molar-refractivity contribution in [2.45, 2.75) is 25.6 Å². The number of amides is 1. The van der Waals surface area contributed by atoms with Gasteiger partial charge < -0.3 is 14.4 Å². The highest BCUT2D eigenvalue weighted by Gasteiger charge is 2.29. The molecule has 0 bridgehead atoms. The monoisotopic (exact) mass is 465 g/mol. The lowest BCUT2D eigenvalue weighted by molar-refractivity contribution is -0.153. The number of thiophene rings is 1. The molecule has 148 valence electrons. The highest BCUT2D eigenvalue weighted by atomic mass is 79.9. The van der Waals surface area contributed by atoms with Crippen LogP contribution in [0.5, 0.6) is 11.5 Å². The molecule has 1 heterocycles. The lowest BCUT2D eigenvalue weighted by atomic mass is 10.1. The fourth-order valence-corrected chi connectivity index (χ4v) is 3.88. The predicted molar refractivity (Wildman–Crippen MR) is 101 cm³/mol. The number of hydrogen-bond acceptors (Lipinski definition) is 4. The number of ether oxygens (including phenoxy) is 2. The molecule has 9 heteroatoms. The molecule has 4 nitrogen and oxygen atoms in total. The maximum atomic E-state index is 12.3. The minimum absolute atomic E-state index is 0.0177. The highest BCUT2D eigenvalue weighted by Crippen LogP contribution is 2.30. The Balaban J connectivity index is 1.91. The van der Waals surface area contributed by atoms with Gasteiger partial charge in [-0.1, -0.05) is 6.07 Å². The lowest BCUT2D eigenvalue weighted by Gasteiger charge is -2.17. The summed E-state index contributed by atoms with van der Waals surface area (Å²) in [5.74, 6) is 0.210. The van der Waals surface area contributed by atoms with Gasteiger partial charge in [0.1, 0.15) is 0 Å². The van der Waals surface area contributed by atoms with Gasteiger partial charge >= 0.3 is 6.18 Å². The van der Waals surface area contributed by atoms with Crippen LogP contribution in [0.1, 0.15) is 16.9 Å². The van der Waals surface area contributed by atoms with Crippen LogP contribution in [0.3, 0.4) is 0 Å². The fraction of sp³-hybridized carbons (Fsp3) is 0.389. The molecule has 1 amide bonds. The largest absolute Gasteiger partial charge is 0.493 e. The number of alkyl halides is 3. The Morgan fingerprint density at radius 3 is 2.56 bits per heavy atom. The van der Waals surface area contributed by atoms with E-state index in [1.54, 1.807) is 35.4 Å². The van der Waals surface area contributed by atoms with E-state index < -0.39 is 12.8 Å². The second-order valence-electron chi connectivity index (χ2n) is 5.84. The molecule has 0 fully saturated rings. The van der Waals surface area contributed by atoms with Gasteiger partial charge in [0.25, 0.3) is 0 Å². The molecule has 0 N–H and O–H groups in total. The third-order valence-corrected chi connectivity index (χ3v) is 5.30. The van der Waals surface area contributed by atoms with Crippen molar-refractivity contribution >= 4 is 33.2 Å². The summed E-state index contributed by atoms with van der Waals surface area (Å²) in [6.45, 7) is -0.854. The predicted octanol–water partition coefficient (Wildman–Crippen LogP) is 5.05. The smallest absolute Gasteiger partial charge is 0.422 e. The molecule has 0 spiro atoms. The molecule has 1 aromatic heterocycles. The molecular formula is C18H19BrF3NO3S. The molecule has 0 unspecified atom stereocenters. The standard InChI is InChI=1S/C18H19BrF3NO3S/c1-23(10-13-5-7-16(19)27-13)17(24)8-4-12-3-6-14(15(9-12)25-2)26-11-18(20,21)22/h3,5-7,9H,4,8,10-11H2,1-2H3. The third-order valence-electron chi connectivity index (χ3n) is 3.69. The van der Waals surface area contributed by atoms with Gasteiger partial charge in [0.05, 0.1) is 17.4 Å². The summed E-state index contributed by atoms with van der Waals surface area (Å²) in [4.78, 5) is 15.0. The maximum Gasteiger partial charge on any atom is 0.422 e. The quantitative estimate of drug-likeness (QED) is 0.547. The number of halogens is 4. The van der Waals surface area contributed by atoms with E-state index in [1.165, 1.54) is 13.2 Å². The van der Waals surface area contributed by atoms with Crippen LogP contribution >= 0.6 is 27.3 Å². The summed E-state index contributed by atoms with van der Waals surface area (Å²) in [5.41, 5.74) is 0.784. The Labute approximate surface area is 168 Å². The Morgan fingerprint density at radius 2 is 1.96 bits per heavy atom. The van der Waals surface area contributed by atoms with Crippen LogP contribution in [0.2, 0.25) is 0 Å². The molecule has 2 aromatic rings. The number of rotatable bonds is 8. The van der Waals surface area contributed by atoms with Crippen molar-refractivity contribution in [1.29, 1.82) is 0 Å². The molecule has 0 saturated carbocycles. The van der Waals surface area contributed by atoms with E-state index in [0.29, 0.717) is 13.0 Å².